The van der Waals surface area contributed by atoms with E-state index in [1.165, 1.54) is 57.1 Å². The van der Waals surface area contributed by atoms with Crippen molar-refractivity contribution in [1.82, 2.24) is 0 Å². The van der Waals surface area contributed by atoms with Crippen molar-refractivity contribution in [2.24, 2.45) is 0 Å². The van der Waals surface area contributed by atoms with Gasteiger partial charge in [0.05, 0.1) is 124 Å². The fourth-order valence-corrected chi connectivity index (χ4v) is 5.07. The zero-order valence-corrected chi connectivity index (χ0v) is 30.5. The largest absolute Gasteiger partial charge is 0.379 e. The molecule has 0 saturated heterocycles. The Kier molecular flexibility index (Phi) is 31.9. The Labute approximate surface area is 290 Å². The summed E-state index contributed by atoms with van der Waals surface area (Å²) in [6.07, 6.45) is 10.5. The third-order valence-electron chi connectivity index (χ3n) is 6.89. The molecule has 0 amide bonds. The number of ether oxygens (including phenoxy) is 9. The lowest BCUT2D eigenvalue weighted by atomic mass is 10.1. The molecule has 0 aliphatic rings. The van der Waals surface area contributed by atoms with Crippen LogP contribution in [0.5, 0.6) is 0 Å². The van der Waals surface area contributed by atoms with E-state index >= 15 is 0 Å². The fraction of sp³-hybridized carbons (Fsp3) is 0.829. The third-order valence-corrected chi connectivity index (χ3v) is 8.22. The lowest BCUT2D eigenvalue weighted by Crippen LogP contribution is -2.15. The number of unbranched alkanes of at least 4 members (excludes halogenated alkanes) is 7. The van der Waals surface area contributed by atoms with Crippen LogP contribution in [0.3, 0.4) is 0 Å². The molecule has 1 aromatic rings. The second-order valence-electron chi connectivity index (χ2n) is 11.1. The van der Waals surface area contributed by atoms with Gasteiger partial charge in [0.2, 0.25) is 0 Å². The van der Waals surface area contributed by atoms with E-state index in [0.717, 1.165) is 18.6 Å². The van der Waals surface area contributed by atoms with E-state index in [0.29, 0.717) is 106 Å². The first-order valence-electron chi connectivity index (χ1n) is 17.7. The van der Waals surface area contributed by atoms with Crippen molar-refractivity contribution in [3.05, 3.63) is 29.8 Å². The molecule has 13 heteroatoms. The Bertz CT molecular complexity index is 901. The van der Waals surface area contributed by atoms with Gasteiger partial charge in [-0.15, -0.1) is 0 Å². The Hall–Kier alpha value is -1.23. The first kappa shape index (κ1) is 44.8. The van der Waals surface area contributed by atoms with Crippen molar-refractivity contribution in [2.75, 3.05) is 126 Å². The van der Waals surface area contributed by atoms with Gasteiger partial charge >= 0.3 is 0 Å². The van der Waals surface area contributed by atoms with Crippen LogP contribution < -0.4 is 0 Å². The molecule has 12 nitrogen and oxygen atoms in total. The average Bonchev–Trinajstić information content (AvgIpc) is 3.08. The maximum absolute atomic E-state index is 12.1. The topological polar surface area (TPSA) is 126 Å². The van der Waals surface area contributed by atoms with Gasteiger partial charge in [0, 0.05) is 6.61 Å². The Morgan fingerprint density at radius 3 is 1.04 bits per heavy atom. The summed E-state index contributed by atoms with van der Waals surface area (Å²) in [7, 11) is -3.77. The number of benzene rings is 1. The van der Waals surface area contributed by atoms with Crippen molar-refractivity contribution in [3.63, 3.8) is 0 Å². The normalized spacial score (nSPS) is 11.9. The minimum Gasteiger partial charge on any atom is -0.379 e. The minimum atomic E-state index is -3.77. The van der Waals surface area contributed by atoms with Crippen LogP contribution in [0.2, 0.25) is 0 Å². The van der Waals surface area contributed by atoms with E-state index in [1.54, 1.807) is 12.1 Å². The van der Waals surface area contributed by atoms with Gasteiger partial charge in [-0.3, -0.25) is 4.18 Å². The summed E-state index contributed by atoms with van der Waals surface area (Å²) in [6.45, 7) is 13.0. The van der Waals surface area contributed by atoms with Crippen molar-refractivity contribution in [1.29, 1.82) is 0 Å². The predicted molar refractivity (Wildman–Crippen MR) is 184 cm³/mol. The second kappa shape index (κ2) is 34.2. The average molecular weight is 709 g/mol. The standard InChI is InChI=1S/C35H64O12S/c1-3-4-5-6-7-8-9-10-15-38-16-17-39-18-19-40-20-21-41-22-23-42-24-25-43-26-27-44-28-29-45-30-31-46-32-33-47-48(36,37)35-13-11-34(2)12-14-35/h11-14H,3-10,15-33H2,1-2H3. The summed E-state index contributed by atoms with van der Waals surface area (Å²) >= 11 is 0. The van der Waals surface area contributed by atoms with Gasteiger partial charge in [0.1, 0.15) is 0 Å². The van der Waals surface area contributed by atoms with E-state index in [4.69, 9.17) is 46.8 Å². The van der Waals surface area contributed by atoms with Crippen LogP contribution in [-0.4, -0.2) is 134 Å². The maximum atomic E-state index is 12.1. The van der Waals surface area contributed by atoms with Crippen LogP contribution in [0.15, 0.2) is 29.2 Å². The first-order valence-corrected chi connectivity index (χ1v) is 19.1. The van der Waals surface area contributed by atoms with Gasteiger partial charge in [-0.05, 0) is 25.5 Å². The highest BCUT2D eigenvalue weighted by Crippen LogP contribution is 2.13. The number of rotatable bonds is 38. The zero-order chi connectivity index (χ0) is 34.6. The van der Waals surface area contributed by atoms with Crippen LogP contribution in [0, 0.1) is 6.92 Å². The van der Waals surface area contributed by atoms with Crippen LogP contribution in [0.1, 0.15) is 63.9 Å². The summed E-state index contributed by atoms with van der Waals surface area (Å²) in [5.41, 5.74) is 0.978. The van der Waals surface area contributed by atoms with Gasteiger partial charge in [-0.1, -0.05) is 69.6 Å². The molecule has 0 saturated carbocycles. The molecule has 0 spiro atoms. The summed E-state index contributed by atoms with van der Waals surface area (Å²) in [6, 6.07) is 6.50. The highest BCUT2D eigenvalue weighted by molar-refractivity contribution is 7.86. The fourth-order valence-electron chi connectivity index (χ4n) is 4.18. The molecular weight excluding hydrogens is 644 g/mol. The van der Waals surface area contributed by atoms with Crippen molar-refractivity contribution >= 4 is 10.1 Å². The van der Waals surface area contributed by atoms with Crippen molar-refractivity contribution in [3.8, 4) is 0 Å². The molecular formula is C35H64O12S. The molecule has 0 aromatic heterocycles. The summed E-state index contributed by atoms with van der Waals surface area (Å²) in [5.74, 6) is 0. The van der Waals surface area contributed by atoms with Crippen molar-refractivity contribution in [2.45, 2.75) is 70.1 Å². The van der Waals surface area contributed by atoms with Crippen LogP contribution in [0.25, 0.3) is 0 Å². The molecule has 1 rings (SSSR count). The second-order valence-corrected chi connectivity index (χ2v) is 12.7. The Balaban J connectivity index is 1.67. The van der Waals surface area contributed by atoms with Crippen molar-refractivity contribution < 1.29 is 55.2 Å². The predicted octanol–water partition coefficient (Wildman–Crippen LogP) is 4.99. The first-order chi connectivity index (χ1) is 23.6. The van der Waals surface area contributed by atoms with Gasteiger partial charge < -0.3 is 42.6 Å². The highest BCUT2D eigenvalue weighted by atomic mass is 32.2. The zero-order valence-electron chi connectivity index (χ0n) is 29.7. The van der Waals surface area contributed by atoms with Crippen LogP contribution in [0.4, 0.5) is 0 Å². The van der Waals surface area contributed by atoms with Gasteiger partial charge in [-0.2, -0.15) is 8.42 Å². The van der Waals surface area contributed by atoms with E-state index in [9.17, 15) is 8.42 Å². The van der Waals surface area contributed by atoms with Crippen LogP contribution in [-0.2, 0) is 56.9 Å². The molecule has 0 aliphatic heterocycles. The molecule has 0 aliphatic carbocycles. The monoisotopic (exact) mass is 708 g/mol. The minimum absolute atomic E-state index is 0.0546. The van der Waals surface area contributed by atoms with E-state index in [1.807, 2.05) is 6.92 Å². The summed E-state index contributed by atoms with van der Waals surface area (Å²) < 4.78 is 78.5. The number of hydrogen-bond donors (Lipinski definition) is 0. The molecule has 1 aromatic carbocycles. The number of hydrogen-bond acceptors (Lipinski definition) is 12. The van der Waals surface area contributed by atoms with Gasteiger partial charge in [0.25, 0.3) is 10.1 Å². The Morgan fingerprint density at radius 2 is 0.688 bits per heavy atom. The van der Waals surface area contributed by atoms with Crippen LogP contribution >= 0.6 is 0 Å². The van der Waals surface area contributed by atoms with Gasteiger partial charge in [-0.25, -0.2) is 0 Å². The molecule has 282 valence electrons. The van der Waals surface area contributed by atoms with Gasteiger partial charge in [0.15, 0.2) is 0 Å². The lowest BCUT2D eigenvalue weighted by molar-refractivity contribution is -0.0254. The lowest BCUT2D eigenvalue weighted by Gasteiger charge is -2.09. The van der Waals surface area contributed by atoms with E-state index in [-0.39, 0.29) is 18.1 Å². The smallest absolute Gasteiger partial charge is 0.297 e. The molecule has 0 N–H and O–H groups in total. The summed E-state index contributed by atoms with van der Waals surface area (Å²) in [5, 5.41) is 0. The number of aryl methyl sites for hydroxylation is 1. The molecule has 0 radical (unpaired) electrons. The maximum Gasteiger partial charge on any atom is 0.297 e. The highest BCUT2D eigenvalue weighted by Gasteiger charge is 2.14. The quantitative estimate of drug-likeness (QED) is 0.0679. The SMILES string of the molecule is CCCCCCCCCCOCCOCCOCCOCCOCCOCCOCCOCCOCCOS(=O)(=O)c1ccc(C)cc1. The van der Waals surface area contributed by atoms with E-state index < -0.39 is 10.1 Å². The van der Waals surface area contributed by atoms with E-state index in [2.05, 4.69) is 6.92 Å². The molecule has 48 heavy (non-hydrogen) atoms. The molecule has 0 fully saturated rings. The summed E-state index contributed by atoms with van der Waals surface area (Å²) in [4.78, 5) is 0.132. The molecule has 0 heterocycles. The molecule has 0 atom stereocenters. The molecule has 0 bridgehead atoms. The Morgan fingerprint density at radius 1 is 0.396 bits per heavy atom. The third kappa shape index (κ3) is 29.7. The molecule has 0 unspecified atom stereocenters.